The molecule has 0 fully saturated rings. The Labute approximate surface area is 209 Å². The molecule has 1 amide bonds. The van der Waals surface area contributed by atoms with E-state index in [0.29, 0.717) is 11.8 Å². The topological polar surface area (TPSA) is 62.4 Å². The van der Waals surface area contributed by atoms with Crippen molar-refractivity contribution in [1.29, 1.82) is 0 Å². The third kappa shape index (κ3) is 4.48. The number of alkyl halides is 3. The number of aromatic nitrogens is 1. The maximum absolute atomic E-state index is 14.9. The van der Waals surface area contributed by atoms with Crippen LogP contribution >= 0.6 is 11.6 Å². The molecule has 1 aliphatic rings. The number of hydrogen-bond acceptors (Lipinski definition) is 3. The lowest BCUT2D eigenvalue weighted by atomic mass is 9.81. The summed E-state index contributed by atoms with van der Waals surface area (Å²) in [7, 11) is 0. The van der Waals surface area contributed by atoms with Gasteiger partial charge < -0.3 is 14.6 Å². The quantitative estimate of drug-likeness (QED) is 0.307. The molecular formula is C26H23ClF4N2O3. The summed E-state index contributed by atoms with van der Waals surface area (Å²) >= 11 is 5.65. The first-order chi connectivity index (χ1) is 16.7. The number of fused-ring (bicyclic) bond motifs is 3. The second-order valence-electron chi connectivity index (χ2n) is 9.52. The van der Waals surface area contributed by atoms with Crippen LogP contribution in [0.5, 0.6) is 0 Å². The van der Waals surface area contributed by atoms with Crippen LogP contribution in [0, 0.1) is 5.82 Å². The number of halogens is 5. The van der Waals surface area contributed by atoms with Crippen molar-refractivity contribution in [3.05, 3.63) is 75.8 Å². The lowest BCUT2D eigenvalue weighted by Gasteiger charge is -2.30. The van der Waals surface area contributed by atoms with Gasteiger partial charge in [0, 0.05) is 29.1 Å². The molecule has 1 aromatic heterocycles. The highest BCUT2D eigenvalue weighted by atomic mass is 35.5. The molecule has 5 nitrogen and oxygen atoms in total. The van der Waals surface area contributed by atoms with Gasteiger partial charge in [-0.25, -0.2) is 9.18 Å². The van der Waals surface area contributed by atoms with Crippen LogP contribution in [-0.2, 0) is 21.1 Å². The highest BCUT2D eigenvalue weighted by Gasteiger charge is 2.39. The van der Waals surface area contributed by atoms with Crippen molar-refractivity contribution in [3.8, 4) is 0 Å². The van der Waals surface area contributed by atoms with Crippen LogP contribution in [0.4, 0.5) is 17.6 Å². The molecule has 0 bridgehead atoms. The van der Waals surface area contributed by atoms with Gasteiger partial charge in [-0.2, -0.15) is 13.2 Å². The summed E-state index contributed by atoms with van der Waals surface area (Å²) < 4.78 is 59.8. The number of nitrogens with zero attached hydrogens (tertiary/aromatic N) is 1. The predicted molar refractivity (Wildman–Crippen MR) is 128 cm³/mol. The Bertz CT molecular complexity index is 1410. The SMILES string of the molecule is CC(C)OC(=O)C1=CN(C(=O)c2ccc(C(F)(F)F)c(Cl)c2F)CC(C)(C)c2c1[nH]c1ccccc21. The van der Waals surface area contributed by atoms with Crippen LogP contribution in [-0.4, -0.2) is 34.4 Å². The molecule has 2 aromatic carbocycles. The number of H-pyrrole nitrogens is 1. The smallest absolute Gasteiger partial charge is 0.417 e. The molecule has 36 heavy (non-hydrogen) atoms. The molecule has 0 atom stereocenters. The minimum atomic E-state index is -4.89. The molecule has 0 unspecified atom stereocenters. The number of hydrogen-bond donors (Lipinski definition) is 1. The zero-order valence-electron chi connectivity index (χ0n) is 19.9. The normalized spacial score (nSPS) is 15.5. The van der Waals surface area contributed by atoms with Crippen molar-refractivity contribution in [2.45, 2.75) is 45.4 Å². The molecule has 1 aliphatic heterocycles. The van der Waals surface area contributed by atoms with Crippen LogP contribution in [0.2, 0.25) is 5.02 Å². The Kier molecular flexibility index (Phi) is 6.41. The number of nitrogens with one attached hydrogen (secondary N) is 1. The number of carbonyl (C=O) groups excluding carboxylic acids is 2. The fraction of sp³-hybridized carbons (Fsp3) is 0.308. The summed E-state index contributed by atoms with van der Waals surface area (Å²) in [6.07, 6.45) is -4.10. The Balaban J connectivity index is 1.88. The number of benzene rings is 2. The van der Waals surface area contributed by atoms with Crippen LogP contribution in [0.3, 0.4) is 0 Å². The van der Waals surface area contributed by atoms with Gasteiger partial charge >= 0.3 is 12.1 Å². The van der Waals surface area contributed by atoms with Gasteiger partial charge in [0.1, 0.15) is 0 Å². The fourth-order valence-corrected chi connectivity index (χ4v) is 4.74. The number of amides is 1. The second kappa shape index (κ2) is 8.96. The summed E-state index contributed by atoms with van der Waals surface area (Å²) in [6, 6.07) is 8.73. The van der Waals surface area contributed by atoms with Crippen LogP contribution in [0.15, 0.2) is 42.6 Å². The largest absolute Gasteiger partial charge is 0.459 e. The third-order valence-electron chi connectivity index (χ3n) is 5.94. The highest BCUT2D eigenvalue weighted by molar-refractivity contribution is 6.32. The Morgan fingerprint density at radius 2 is 1.81 bits per heavy atom. The van der Waals surface area contributed by atoms with Gasteiger partial charge in [0.05, 0.1) is 33.5 Å². The molecule has 10 heteroatoms. The summed E-state index contributed by atoms with van der Waals surface area (Å²) in [5.41, 5.74) is -0.766. The first kappa shape index (κ1) is 25.8. The monoisotopic (exact) mass is 522 g/mol. The van der Waals surface area contributed by atoms with Crippen LogP contribution < -0.4 is 0 Å². The first-order valence-electron chi connectivity index (χ1n) is 11.1. The Morgan fingerprint density at radius 3 is 2.44 bits per heavy atom. The summed E-state index contributed by atoms with van der Waals surface area (Å²) in [4.78, 5) is 30.9. The number of rotatable bonds is 3. The molecular weight excluding hydrogens is 500 g/mol. The molecule has 0 aliphatic carbocycles. The van der Waals surface area contributed by atoms with Crippen molar-refractivity contribution in [1.82, 2.24) is 9.88 Å². The molecule has 0 saturated heterocycles. The number of esters is 1. The van der Waals surface area contributed by atoms with E-state index in [9.17, 15) is 27.2 Å². The van der Waals surface area contributed by atoms with Crippen LogP contribution in [0.25, 0.3) is 16.5 Å². The Morgan fingerprint density at radius 1 is 1.14 bits per heavy atom. The van der Waals surface area contributed by atoms with Crippen molar-refractivity contribution in [2.24, 2.45) is 0 Å². The van der Waals surface area contributed by atoms with E-state index in [1.54, 1.807) is 13.8 Å². The van der Waals surface area contributed by atoms with E-state index in [1.165, 1.54) is 6.20 Å². The van der Waals surface area contributed by atoms with Crippen molar-refractivity contribution < 1.29 is 31.9 Å². The van der Waals surface area contributed by atoms with Gasteiger partial charge in [-0.05, 0) is 37.6 Å². The molecule has 3 aromatic rings. The van der Waals surface area contributed by atoms with E-state index >= 15 is 0 Å². The van der Waals surface area contributed by atoms with Crippen molar-refractivity contribution >= 4 is 40.0 Å². The summed E-state index contributed by atoms with van der Waals surface area (Å²) in [5, 5.41) is -0.360. The van der Waals surface area contributed by atoms with E-state index in [0.717, 1.165) is 27.4 Å². The zero-order valence-corrected chi connectivity index (χ0v) is 20.6. The number of aromatic amines is 1. The van der Waals surface area contributed by atoms with Gasteiger partial charge in [-0.3, -0.25) is 4.79 Å². The standard InChI is InChI=1S/C26H23ClF4N2O3/c1-13(2)36-24(35)16-11-33(23(34)15-9-10-17(26(29,30)31)20(27)21(15)28)12-25(3,4)19-14-7-5-6-8-18(14)32-22(16)19/h5-11,13,32H,12H2,1-4H3. The maximum atomic E-state index is 14.9. The van der Waals surface area contributed by atoms with E-state index in [4.69, 9.17) is 16.3 Å². The van der Waals surface area contributed by atoms with Crippen molar-refractivity contribution in [2.75, 3.05) is 6.54 Å². The zero-order chi connectivity index (χ0) is 26.6. The lowest BCUT2D eigenvalue weighted by Crippen LogP contribution is -2.37. The van der Waals surface area contributed by atoms with E-state index in [2.05, 4.69) is 4.98 Å². The maximum Gasteiger partial charge on any atom is 0.417 e. The van der Waals surface area contributed by atoms with Gasteiger partial charge in [0.15, 0.2) is 5.82 Å². The lowest BCUT2D eigenvalue weighted by molar-refractivity contribution is -0.140. The van der Waals surface area contributed by atoms with E-state index in [1.807, 2.05) is 38.1 Å². The molecule has 0 radical (unpaired) electrons. The molecule has 2 heterocycles. The molecule has 0 saturated carbocycles. The minimum absolute atomic E-state index is 0.00276. The van der Waals surface area contributed by atoms with Crippen LogP contribution in [0.1, 0.15) is 54.9 Å². The third-order valence-corrected chi connectivity index (χ3v) is 6.31. The number of para-hydroxylation sites is 1. The predicted octanol–water partition coefficient (Wildman–Crippen LogP) is 6.71. The van der Waals surface area contributed by atoms with E-state index < -0.39 is 51.5 Å². The molecule has 1 N–H and O–H groups in total. The fourth-order valence-electron chi connectivity index (χ4n) is 4.47. The summed E-state index contributed by atoms with van der Waals surface area (Å²) in [5.74, 6) is -3.14. The molecule has 4 rings (SSSR count). The van der Waals surface area contributed by atoms with Gasteiger partial charge in [0.2, 0.25) is 0 Å². The number of ether oxygens (including phenoxy) is 1. The molecule has 190 valence electrons. The Hall–Kier alpha value is -3.33. The van der Waals surface area contributed by atoms with E-state index in [-0.39, 0.29) is 12.1 Å². The van der Waals surface area contributed by atoms with Gasteiger partial charge in [-0.1, -0.05) is 43.6 Å². The first-order valence-corrected chi connectivity index (χ1v) is 11.5. The average Bonchev–Trinajstić information content (AvgIpc) is 3.11. The number of carbonyl (C=O) groups is 2. The molecule has 0 spiro atoms. The van der Waals surface area contributed by atoms with Crippen molar-refractivity contribution in [3.63, 3.8) is 0 Å². The highest BCUT2D eigenvalue weighted by Crippen LogP contribution is 2.41. The summed E-state index contributed by atoms with van der Waals surface area (Å²) in [6.45, 7) is 7.05. The van der Waals surface area contributed by atoms with Gasteiger partial charge in [-0.15, -0.1) is 0 Å². The second-order valence-corrected chi connectivity index (χ2v) is 9.90. The minimum Gasteiger partial charge on any atom is -0.459 e. The van der Waals surface area contributed by atoms with Gasteiger partial charge in [0.25, 0.3) is 5.91 Å². The average molecular weight is 523 g/mol.